The number of ether oxygens (including phenoxy) is 2. The Morgan fingerprint density at radius 3 is 1.20 bits per heavy atom. The predicted molar refractivity (Wildman–Crippen MR) is 197 cm³/mol. The molecule has 0 spiro atoms. The molecule has 0 fully saturated rings. The first-order chi connectivity index (χ1) is 22.7. The van der Waals surface area contributed by atoms with Crippen LogP contribution >= 0.6 is 0 Å². The average Bonchev–Trinajstić information content (AvgIpc) is 3.07. The third-order valence-electron chi connectivity index (χ3n) is 9.34. The van der Waals surface area contributed by atoms with E-state index in [0.717, 1.165) is 50.5 Å². The van der Waals surface area contributed by atoms with Crippen molar-refractivity contribution >= 4 is 11.9 Å². The van der Waals surface area contributed by atoms with Crippen LogP contribution in [0.5, 0.6) is 0 Å². The number of carbonyl (C=O) groups excluding carboxylic acids is 2. The Bertz CT molecular complexity index is 848. The molecule has 0 heterocycles. The molecule has 1 aromatic rings. The zero-order valence-corrected chi connectivity index (χ0v) is 30.8. The van der Waals surface area contributed by atoms with Crippen LogP contribution in [0.4, 0.5) is 0 Å². The second-order valence-corrected chi connectivity index (χ2v) is 13.7. The van der Waals surface area contributed by atoms with Gasteiger partial charge in [-0.2, -0.15) is 0 Å². The van der Waals surface area contributed by atoms with E-state index in [2.05, 4.69) is 20.8 Å². The molecule has 1 rings (SSSR count). The Morgan fingerprint density at radius 1 is 0.435 bits per heavy atom. The molecular formula is C42H74O4. The van der Waals surface area contributed by atoms with Gasteiger partial charge in [-0.05, 0) is 37.3 Å². The smallest absolute Gasteiger partial charge is 0.339 e. The van der Waals surface area contributed by atoms with Crippen molar-refractivity contribution in [3.05, 3.63) is 34.9 Å². The lowest BCUT2D eigenvalue weighted by Gasteiger charge is -2.14. The van der Waals surface area contributed by atoms with E-state index >= 15 is 0 Å². The van der Waals surface area contributed by atoms with Gasteiger partial charge in [0.25, 0.3) is 0 Å². The minimum Gasteiger partial charge on any atom is -0.462 e. The van der Waals surface area contributed by atoms with E-state index in [1.165, 1.54) is 141 Å². The topological polar surface area (TPSA) is 52.6 Å². The van der Waals surface area contributed by atoms with Gasteiger partial charge in [-0.1, -0.05) is 193 Å². The van der Waals surface area contributed by atoms with Crippen molar-refractivity contribution in [3.8, 4) is 0 Å². The zero-order chi connectivity index (χ0) is 33.3. The van der Waals surface area contributed by atoms with Gasteiger partial charge in [0, 0.05) is 0 Å². The molecule has 0 atom stereocenters. The molecule has 0 N–H and O–H groups in total. The van der Waals surface area contributed by atoms with E-state index in [-0.39, 0.29) is 11.9 Å². The Hall–Kier alpha value is -1.84. The van der Waals surface area contributed by atoms with Gasteiger partial charge < -0.3 is 9.47 Å². The molecule has 0 aromatic heterocycles. The highest BCUT2D eigenvalue weighted by Crippen LogP contribution is 2.22. The first-order valence-electron chi connectivity index (χ1n) is 20.1. The SMILES string of the molecule is CCCCCCCCCCCCc1cccc(C(=O)OCCCCCCCCCCC)c1C(=O)OCCCCCCCCCCC. The number of rotatable bonds is 33. The minimum atomic E-state index is -0.389. The monoisotopic (exact) mass is 643 g/mol. The van der Waals surface area contributed by atoms with E-state index in [9.17, 15) is 9.59 Å². The Kier molecular flexibility index (Phi) is 29.1. The lowest BCUT2D eigenvalue weighted by molar-refractivity contribution is 0.0449. The van der Waals surface area contributed by atoms with Crippen molar-refractivity contribution in [2.75, 3.05) is 13.2 Å². The molecule has 0 radical (unpaired) electrons. The molecule has 0 aliphatic heterocycles. The van der Waals surface area contributed by atoms with Crippen LogP contribution in [0.2, 0.25) is 0 Å². The largest absolute Gasteiger partial charge is 0.462 e. The summed E-state index contributed by atoms with van der Waals surface area (Å²) >= 11 is 0. The molecule has 0 saturated carbocycles. The van der Waals surface area contributed by atoms with Crippen molar-refractivity contribution in [2.24, 2.45) is 0 Å². The first kappa shape index (κ1) is 42.2. The summed E-state index contributed by atoms with van der Waals surface area (Å²) in [5.74, 6) is -0.753. The Balaban J connectivity index is 2.58. The van der Waals surface area contributed by atoms with Gasteiger partial charge in [-0.15, -0.1) is 0 Å². The third kappa shape index (κ3) is 22.6. The summed E-state index contributed by atoms with van der Waals surface area (Å²) in [7, 11) is 0. The molecule has 4 nitrogen and oxygen atoms in total. The van der Waals surface area contributed by atoms with Gasteiger partial charge in [0.15, 0.2) is 0 Å². The number of hydrogen-bond donors (Lipinski definition) is 0. The predicted octanol–water partition coefficient (Wildman–Crippen LogP) is 13.5. The Morgan fingerprint density at radius 2 is 0.783 bits per heavy atom. The number of unbranched alkanes of at least 4 members (excludes halogenated alkanes) is 25. The van der Waals surface area contributed by atoms with Crippen LogP contribution in [0.25, 0.3) is 0 Å². The number of aryl methyl sites for hydroxylation is 1. The van der Waals surface area contributed by atoms with Crippen molar-refractivity contribution in [1.82, 2.24) is 0 Å². The summed E-state index contributed by atoms with van der Waals surface area (Å²) in [5.41, 5.74) is 1.73. The maximum absolute atomic E-state index is 13.4. The van der Waals surface area contributed by atoms with Gasteiger partial charge in [-0.3, -0.25) is 0 Å². The summed E-state index contributed by atoms with van der Waals surface area (Å²) in [5, 5.41) is 0. The number of esters is 2. The summed E-state index contributed by atoms with van der Waals surface area (Å²) in [6.45, 7) is 7.59. The van der Waals surface area contributed by atoms with E-state index in [1.54, 1.807) is 6.07 Å². The van der Waals surface area contributed by atoms with Gasteiger partial charge >= 0.3 is 11.9 Å². The highest BCUT2D eigenvalue weighted by atomic mass is 16.5. The highest BCUT2D eigenvalue weighted by Gasteiger charge is 2.23. The van der Waals surface area contributed by atoms with Crippen LogP contribution < -0.4 is 0 Å². The molecule has 0 amide bonds. The van der Waals surface area contributed by atoms with Crippen molar-refractivity contribution in [1.29, 1.82) is 0 Å². The Labute approximate surface area is 285 Å². The van der Waals surface area contributed by atoms with Crippen LogP contribution in [0.15, 0.2) is 18.2 Å². The molecule has 0 saturated heterocycles. The zero-order valence-electron chi connectivity index (χ0n) is 30.8. The fourth-order valence-electron chi connectivity index (χ4n) is 6.33. The second kappa shape index (κ2) is 31.7. The van der Waals surface area contributed by atoms with E-state index < -0.39 is 0 Å². The number of carbonyl (C=O) groups is 2. The van der Waals surface area contributed by atoms with Crippen LogP contribution in [-0.2, 0) is 15.9 Å². The summed E-state index contributed by atoms with van der Waals surface area (Å²) in [6, 6.07) is 5.65. The second-order valence-electron chi connectivity index (χ2n) is 13.7. The molecule has 0 aliphatic rings. The average molecular weight is 643 g/mol. The van der Waals surface area contributed by atoms with Gasteiger partial charge in [0.05, 0.1) is 24.3 Å². The minimum absolute atomic E-state index is 0.364. The molecule has 0 bridgehead atoms. The summed E-state index contributed by atoms with van der Waals surface area (Å²) in [4.78, 5) is 26.6. The molecule has 0 aliphatic carbocycles. The maximum Gasteiger partial charge on any atom is 0.339 e. The van der Waals surface area contributed by atoms with Crippen molar-refractivity contribution < 1.29 is 19.1 Å². The first-order valence-corrected chi connectivity index (χ1v) is 20.1. The van der Waals surface area contributed by atoms with E-state index in [0.29, 0.717) is 24.3 Å². The molecule has 0 unspecified atom stereocenters. The fourth-order valence-corrected chi connectivity index (χ4v) is 6.33. The normalized spacial score (nSPS) is 11.2. The number of benzene rings is 1. The molecule has 1 aromatic carbocycles. The van der Waals surface area contributed by atoms with Crippen molar-refractivity contribution in [2.45, 2.75) is 207 Å². The molecule has 4 heteroatoms. The summed E-state index contributed by atoms with van der Waals surface area (Å²) in [6.07, 6.45) is 35.5. The standard InChI is InChI=1S/C42H74O4/c1-4-7-10-13-16-19-20-23-26-29-33-38-34-32-35-39(41(43)45-36-30-27-24-21-17-14-11-8-5-2)40(38)42(44)46-37-31-28-25-22-18-15-12-9-6-3/h32,34-35H,4-31,33,36-37H2,1-3H3. The van der Waals surface area contributed by atoms with Crippen LogP contribution in [0, 0.1) is 0 Å². The van der Waals surface area contributed by atoms with Crippen LogP contribution in [-0.4, -0.2) is 25.2 Å². The maximum atomic E-state index is 13.4. The lowest BCUT2D eigenvalue weighted by atomic mass is 9.96. The van der Waals surface area contributed by atoms with Gasteiger partial charge in [-0.25, -0.2) is 9.59 Å². The number of hydrogen-bond acceptors (Lipinski definition) is 4. The molecular weight excluding hydrogens is 568 g/mol. The van der Waals surface area contributed by atoms with Crippen molar-refractivity contribution in [3.63, 3.8) is 0 Å². The quantitative estimate of drug-likeness (QED) is 0.0565. The van der Waals surface area contributed by atoms with Crippen LogP contribution in [0.3, 0.4) is 0 Å². The third-order valence-corrected chi connectivity index (χ3v) is 9.34. The molecule has 46 heavy (non-hydrogen) atoms. The van der Waals surface area contributed by atoms with Crippen LogP contribution in [0.1, 0.15) is 227 Å². The lowest BCUT2D eigenvalue weighted by Crippen LogP contribution is -2.17. The summed E-state index contributed by atoms with van der Waals surface area (Å²) < 4.78 is 11.5. The van der Waals surface area contributed by atoms with Gasteiger partial charge in [0.1, 0.15) is 0 Å². The van der Waals surface area contributed by atoms with Gasteiger partial charge in [0.2, 0.25) is 0 Å². The van der Waals surface area contributed by atoms with E-state index in [1.807, 2.05) is 12.1 Å². The fraction of sp³-hybridized carbons (Fsp3) is 0.810. The van der Waals surface area contributed by atoms with E-state index in [4.69, 9.17) is 9.47 Å². The highest BCUT2D eigenvalue weighted by molar-refractivity contribution is 6.04. The molecule has 266 valence electrons.